The minimum atomic E-state index is -6.94. The van der Waals surface area contributed by atoms with Gasteiger partial charge < -0.3 is 0 Å². The Labute approximate surface area is 141 Å². The fourth-order valence-electron chi connectivity index (χ4n) is 0.876. The van der Waals surface area contributed by atoms with Gasteiger partial charge in [-0.05, 0) is 0 Å². The zero-order valence-electron chi connectivity index (χ0n) is 7.87. The number of aromatic amines is 1. The van der Waals surface area contributed by atoms with Crippen LogP contribution in [0.3, 0.4) is 0 Å². The van der Waals surface area contributed by atoms with Crippen molar-refractivity contribution in [2.45, 2.75) is 23.9 Å². The summed E-state index contributed by atoms with van der Waals surface area (Å²) in [6, 6.07) is 0. The number of alkyl halides is 9. The fraction of sp³-hybridized carbons (Fsp3) is 0.667. The Hall–Kier alpha value is 0.146. The molecule has 19 heavy (non-hydrogen) atoms. The van der Waals surface area contributed by atoms with E-state index in [0.29, 0.717) is 6.33 Å². The molecule has 0 amide bonds. The Kier molecular flexibility index (Phi) is 5.54. The van der Waals surface area contributed by atoms with Crippen LogP contribution in [-0.4, -0.2) is 84.6 Å². The van der Waals surface area contributed by atoms with Gasteiger partial charge in [-0.3, -0.25) is 5.10 Å². The summed E-state index contributed by atoms with van der Waals surface area (Å²) in [7, 11) is 0. The molecule has 13 heteroatoms. The first-order valence-corrected chi connectivity index (χ1v) is 3.92. The van der Waals surface area contributed by atoms with Crippen LogP contribution in [0.15, 0.2) is 6.33 Å². The average Bonchev–Trinajstić information content (AvgIpc) is 2.68. The molecule has 0 aromatic carbocycles. The van der Waals surface area contributed by atoms with E-state index in [2.05, 4.69) is 10.1 Å². The summed E-state index contributed by atoms with van der Waals surface area (Å²) in [5, 5.41) is 3.88. The van der Waals surface area contributed by atoms with E-state index in [0.717, 1.165) is 0 Å². The SMILES string of the molecule is FC(F)(F)C(F)(F)C(F)(F)C(F)(F)c1nc[nH]n1.[KH]. The van der Waals surface area contributed by atoms with Gasteiger partial charge in [0, 0.05) is 0 Å². The van der Waals surface area contributed by atoms with Crippen molar-refractivity contribution in [3.63, 3.8) is 0 Å². The molecule has 0 saturated carbocycles. The first-order chi connectivity index (χ1) is 7.86. The van der Waals surface area contributed by atoms with Gasteiger partial charge in [0.2, 0.25) is 5.82 Å². The molecule has 0 aliphatic rings. The van der Waals surface area contributed by atoms with Crippen LogP contribution in [0, 0.1) is 0 Å². The number of aromatic nitrogens is 3. The van der Waals surface area contributed by atoms with Crippen molar-refractivity contribution in [3.05, 3.63) is 12.2 Å². The van der Waals surface area contributed by atoms with Gasteiger partial charge in [0.05, 0.1) is 0 Å². The van der Waals surface area contributed by atoms with E-state index in [4.69, 9.17) is 0 Å². The Bertz CT molecular complexity index is 412. The molecule has 1 aromatic heterocycles. The van der Waals surface area contributed by atoms with Gasteiger partial charge in [-0.2, -0.15) is 44.6 Å². The number of halogens is 9. The Morgan fingerprint density at radius 1 is 0.842 bits per heavy atom. The van der Waals surface area contributed by atoms with Gasteiger partial charge in [0.1, 0.15) is 6.33 Å². The number of H-pyrrole nitrogens is 1. The van der Waals surface area contributed by atoms with E-state index >= 15 is 0 Å². The maximum atomic E-state index is 12.9. The summed E-state index contributed by atoms with van der Waals surface area (Å²) < 4.78 is 111. The third kappa shape index (κ3) is 2.94. The molecule has 106 valence electrons. The summed E-state index contributed by atoms with van der Waals surface area (Å²) in [5.74, 6) is -21.7. The third-order valence-corrected chi connectivity index (χ3v) is 1.84. The number of rotatable bonds is 3. The molecule has 0 radical (unpaired) electrons. The predicted octanol–water partition coefficient (Wildman–Crippen LogP) is 2.08. The van der Waals surface area contributed by atoms with Crippen molar-refractivity contribution in [2.24, 2.45) is 0 Å². The van der Waals surface area contributed by atoms with Gasteiger partial charge in [0.25, 0.3) is 0 Å². The molecule has 0 spiro atoms. The predicted molar refractivity (Wildman–Crippen MR) is 43.4 cm³/mol. The third-order valence-electron chi connectivity index (χ3n) is 1.84. The van der Waals surface area contributed by atoms with Crippen LogP contribution in [-0.2, 0) is 5.92 Å². The zero-order valence-corrected chi connectivity index (χ0v) is 7.87. The van der Waals surface area contributed by atoms with Crippen molar-refractivity contribution in [1.29, 1.82) is 0 Å². The molecule has 1 aromatic rings. The van der Waals surface area contributed by atoms with E-state index in [9.17, 15) is 39.5 Å². The summed E-state index contributed by atoms with van der Waals surface area (Å²) in [6.07, 6.45) is -6.53. The molecule has 1 rings (SSSR count). The zero-order chi connectivity index (χ0) is 14.4. The first kappa shape index (κ1) is 19.1. The second kappa shape index (κ2) is 5.50. The Morgan fingerprint density at radius 3 is 1.63 bits per heavy atom. The molecule has 0 aliphatic heterocycles. The maximum absolute atomic E-state index is 12.9. The van der Waals surface area contributed by atoms with Crippen LogP contribution in [0.1, 0.15) is 5.82 Å². The quantitative estimate of drug-likeness (QED) is 0.682. The van der Waals surface area contributed by atoms with Gasteiger partial charge in [-0.15, -0.1) is 0 Å². The van der Waals surface area contributed by atoms with Crippen LogP contribution in [0.4, 0.5) is 39.5 Å². The van der Waals surface area contributed by atoms with E-state index in [-0.39, 0.29) is 51.4 Å². The standard InChI is InChI=1S/C6H2F9N3.K.H/c7-3(8,2-16-1-17-18-2)4(9,10)5(11,12)6(13,14)15;;/h1H,(H,16,17,18);;. The molecule has 0 bridgehead atoms. The Balaban J connectivity index is 0.00000324. The fourth-order valence-corrected chi connectivity index (χ4v) is 0.876. The molecular weight excluding hydrogens is 324 g/mol. The van der Waals surface area contributed by atoms with E-state index in [1.807, 2.05) is 0 Å². The normalized spacial score (nSPS) is 14.2. The summed E-state index contributed by atoms with van der Waals surface area (Å²) >= 11 is 0. The molecule has 0 fully saturated rings. The van der Waals surface area contributed by atoms with Crippen molar-refractivity contribution in [2.75, 3.05) is 0 Å². The number of hydrogen-bond donors (Lipinski definition) is 1. The Morgan fingerprint density at radius 2 is 1.32 bits per heavy atom. The van der Waals surface area contributed by atoms with Crippen molar-refractivity contribution in [1.82, 2.24) is 15.2 Å². The molecule has 1 N–H and O–H groups in total. The van der Waals surface area contributed by atoms with Gasteiger partial charge in [-0.25, -0.2) is 4.98 Å². The molecule has 0 unspecified atom stereocenters. The number of nitrogens with one attached hydrogen (secondary N) is 1. The van der Waals surface area contributed by atoms with E-state index in [1.165, 1.54) is 5.10 Å². The van der Waals surface area contributed by atoms with Crippen LogP contribution < -0.4 is 0 Å². The van der Waals surface area contributed by atoms with Crippen molar-refractivity contribution in [3.8, 4) is 0 Å². The van der Waals surface area contributed by atoms with E-state index < -0.39 is 29.8 Å². The van der Waals surface area contributed by atoms with Gasteiger partial charge >= 0.3 is 75.3 Å². The second-order valence-electron chi connectivity index (χ2n) is 3.04. The first-order valence-electron chi connectivity index (χ1n) is 3.92. The summed E-state index contributed by atoms with van der Waals surface area (Å²) in [4.78, 5) is 2.45. The molecule has 0 saturated heterocycles. The number of hydrogen-bond acceptors (Lipinski definition) is 2. The van der Waals surface area contributed by atoms with Crippen LogP contribution in [0.5, 0.6) is 0 Å². The topological polar surface area (TPSA) is 41.6 Å². The number of nitrogens with zero attached hydrogens (tertiary/aromatic N) is 2. The average molecular weight is 327 g/mol. The second-order valence-corrected chi connectivity index (χ2v) is 3.04. The summed E-state index contributed by atoms with van der Waals surface area (Å²) in [5.41, 5.74) is 0. The molecule has 0 atom stereocenters. The molecule has 0 aliphatic carbocycles. The van der Waals surface area contributed by atoms with Crippen LogP contribution in [0.2, 0.25) is 0 Å². The molecule has 3 nitrogen and oxygen atoms in total. The van der Waals surface area contributed by atoms with Gasteiger partial charge in [-0.1, -0.05) is 0 Å². The van der Waals surface area contributed by atoms with Crippen molar-refractivity contribution >= 4 is 51.4 Å². The minimum absolute atomic E-state index is 0. The van der Waals surface area contributed by atoms with Crippen LogP contribution >= 0.6 is 0 Å². The monoisotopic (exact) mass is 327 g/mol. The van der Waals surface area contributed by atoms with E-state index in [1.54, 1.807) is 0 Å². The van der Waals surface area contributed by atoms with Crippen molar-refractivity contribution < 1.29 is 39.5 Å². The molecule has 1 heterocycles. The van der Waals surface area contributed by atoms with Crippen LogP contribution in [0.25, 0.3) is 0 Å². The van der Waals surface area contributed by atoms with Gasteiger partial charge in [0.15, 0.2) is 0 Å². The molecular formula is C6H3F9KN3. The summed E-state index contributed by atoms with van der Waals surface area (Å²) in [6.45, 7) is 0.